The summed E-state index contributed by atoms with van der Waals surface area (Å²) < 4.78 is 0. The Kier molecular flexibility index (Phi) is 6.61. The molecule has 6 heteroatoms. The molecule has 1 aliphatic heterocycles. The Morgan fingerprint density at radius 1 is 1.29 bits per heavy atom. The first-order valence-electron chi connectivity index (χ1n) is 8.53. The Balaban J connectivity index is 1.76. The van der Waals surface area contributed by atoms with Gasteiger partial charge in [-0.3, -0.25) is 4.79 Å². The zero-order chi connectivity index (χ0) is 17.5. The van der Waals surface area contributed by atoms with Crippen LogP contribution in [0.15, 0.2) is 24.3 Å². The maximum absolute atomic E-state index is 11.8. The van der Waals surface area contributed by atoms with E-state index in [0.29, 0.717) is 31.0 Å². The molecule has 0 spiro atoms. The van der Waals surface area contributed by atoms with Gasteiger partial charge in [-0.15, -0.1) is 0 Å². The Hall–Kier alpha value is -2.08. The molecule has 0 aromatic heterocycles. The van der Waals surface area contributed by atoms with E-state index in [1.807, 2.05) is 43.0 Å². The topological polar surface area (TPSA) is 81.7 Å². The van der Waals surface area contributed by atoms with Crippen molar-refractivity contribution in [1.82, 2.24) is 10.2 Å². The molecule has 1 heterocycles. The van der Waals surface area contributed by atoms with Gasteiger partial charge in [0, 0.05) is 31.7 Å². The minimum Gasteiger partial charge on any atom is -0.391 e. The van der Waals surface area contributed by atoms with Crippen molar-refractivity contribution in [3.63, 3.8) is 0 Å². The van der Waals surface area contributed by atoms with Crippen LogP contribution in [0.1, 0.15) is 38.7 Å². The maximum Gasteiger partial charge on any atom is 0.319 e. The number of amides is 3. The van der Waals surface area contributed by atoms with Gasteiger partial charge in [0.05, 0.1) is 6.10 Å². The first kappa shape index (κ1) is 18.3. The molecule has 0 bridgehead atoms. The predicted molar refractivity (Wildman–Crippen MR) is 93.6 cm³/mol. The summed E-state index contributed by atoms with van der Waals surface area (Å²) in [5.41, 5.74) is 1.73. The van der Waals surface area contributed by atoms with Crippen molar-refractivity contribution >= 4 is 17.6 Å². The number of nitrogens with one attached hydrogen (secondary N) is 2. The van der Waals surface area contributed by atoms with E-state index < -0.39 is 6.10 Å². The van der Waals surface area contributed by atoms with E-state index in [2.05, 4.69) is 10.6 Å². The molecule has 24 heavy (non-hydrogen) atoms. The summed E-state index contributed by atoms with van der Waals surface area (Å²) in [6.07, 6.45) is 1.70. The van der Waals surface area contributed by atoms with Crippen molar-refractivity contribution in [3.8, 4) is 0 Å². The Morgan fingerprint density at radius 3 is 2.58 bits per heavy atom. The molecule has 0 saturated carbocycles. The lowest BCUT2D eigenvalue weighted by Gasteiger charge is -2.16. The van der Waals surface area contributed by atoms with Crippen molar-refractivity contribution in [2.24, 2.45) is 5.92 Å². The number of hydrogen-bond donors (Lipinski definition) is 3. The zero-order valence-electron chi connectivity index (χ0n) is 14.4. The van der Waals surface area contributed by atoms with E-state index >= 15 is 0 Å². The molecule has 1 aromatic rings. The quantitative estimate of drug-likeness (QED) is 0.716. The number of nitrogens with zero attached hydrogens (tertiary/aromatic N) is 1. The highest BCUT2D eigenvalue weighted by Gasteiger charge is 2.19. The molecule has 2 rings (SSSR count). The van der Waals surface area contributed by atoms with Gasteiger partial charge in [-0.2, -0.15) is 0 Å². The van der Waals surface area contributed by atoms with Crippen molar-refractivity contribution in [2.75, 3.05) is 18.4 Å². The second-order valence-corrected chi connectivity index (χ2v) is 6.73. The van der Waals surface area contributed by atoms with Gasteiger partial charge in [-0.1, -0.05) is 26.0 Å². The van der Waals surface area contributed by atoms with Crippen molar-refractivity contribution in [2.45, 2.75) is 45.8 Å². The molecule has 3 amide bonds. The highest BCUT2D eigenvalue weighted by atomic mass is 16.3. The van der Waals surface area contributed by atoms with Gasteiger partial charge < -0.3 is 20.6 Å². The first-order chi connectivity index (χ1) is 11.4. The summed E-state index contributed by atoms with van der Waals surface area (Å²) in [5, 5.41) is 15.2. The molecule has 3 N–H and O–H groups in total. The minimum atomic E-state index is -0.531. The van der Waals surface area contributed by atoms with E-state index in [1.54, 1.807) is 0 Å². The fourth-order valence-electron chi connectivity index (χ4n) is 2.80. The van der Waals surface area contributed by atoms with Crippen molar-refractivity contribution in [3.05, 3.63) is 29.8 Å². The fourth-order valence-corrected chi connectivity index (χ4v) is 2.80. The van der Waals surface area contributed by atoms with Gasteiger partial charge in [0.2, 0.25) is 5.91 Å². The highest BCUT2D eigenvalue weighted by Crippen LogP contribution is 2.16. The van der Waals surface area contributed by atoms with Gasteiger partial charge in [-0.05, 0) is 36.5 Å². The van der Waals surface area contributed by atoms with E-state index in [1.165, 1.54) is 0 Å². The summed E-state index contributed by atoms with van der Waals surface area (Å²) in [7, 11) is 0. The van der Waals surface area contributed by atoms with Gasteiger partial charge in [0.1, 0.15) is 0 Å². The van der Waals surface area contributed by atoms with Gasteiger partial charge in [0.25, 0.3) is 0 Å². The van der Waals surface area contributed by atoms with Crippen LogP contribution in [0.4, 0.5) is 10.5 Å². The molecule has 0 aliphatic carbocycles. The number of rotatable bonds is 7. The van der Waals surface area contributed by atoms with Crippen LogP contribution < -0.4 is 10.6 Å². The number of urea groups is 1. The van der Waals surface area contributed by atoms with Crippen LogP contribution in [0.3, 0.4) is 0 Å². The van der Waals surface area contributed by atoms with Gasteiger partial charge >= 0.3 is 6.03 Å². The summed E-state index contributed by atoms with van der Waals surface area (Å²) in [6.45, 7) is 5.73. The Bertz CT molecular complexity index is 557. The number of hydrogen-bond acceptors (Lipinski definition) is 3. The lowest BCUT2D eigenvalue weighted by atomic mass is 10.1. The molecule has 6 nitrogen and oxygen atoms in total. The van der Waals surface area contributed by atoms with E-state index in [-0.39, 0.29) is 18.5 Å². The zero-order valence-corrected chi connectivity index (χ0v) is 14.4. The lowest BCUT2D eigenvalue weighted by Crippen LogP contribution is -2.35. The molecule has 1 atom stereocenters. The molecule has 0 radical (unpaired) electrons. The second-order valence-electron chi connectivity index (χ2n) is 6.73. The van der Waals surface area contributed by atoms with Crippen molar-refractivity contribution in [1.29, 1.82) is 0 Å². The van der Waals surface area contributed by atoms with Crippen LogP contribution in [0.5, 0.6) is 0 Å². The molecule has 1 fully saturated rings. The third kappa shape index (κ3) is 5.85. The standard InChI is InChI=1S/C18H27N3O3/c1-13(2)10-16(22)11-19-18(24)20-15-7-5-14(6-8-15)12-21-9-3-4-17(21)23/h5-8,13,16,22H,3-4,9-12H2,1-2H3,(H2,19,20,24)/t16-/m1/s1. The highest BCUT2D eigenvalue weighted by molar-refractivity contribution is 5.89. The molecule has 1 saturated heterocycles. The number of aliphatic hydroxyl groups excluding tert-OH is 1. The molecule has 0 unspecified atom stereocenters. The number of benzene rings is 1. The van der Waals surface area contributed by atoms with Crippen molar-refractivity contribution < 1.29 is 14.7 Å². The van der Waals surface area contributed by atoms with Crippen LogP contribution in [-0.4, -0.2) is 41.1 Å². The number of carbonyl (C=O) groups is 2. The van der Waals surface area contributed by atoms with Crippen LogP contribution in [0, 0.1) is 5.92 Å². The number of aliphatic hydroxyl groups is 1. The first-order valence-corrected chi connectivity index (χ1v) is 8.53. The molecule has 1 aliphatic rings. The second kappa shape index (κ2) is 8.68. The Labute approximate surface area is 143 Å². The van der Waals surface area contributed by atoms with E-state index in [0.717, 1.165) is 18.5 Å². The molecular formula is C18H27N3O3. The largest absolute Gasteiger partial charge is 0.391 e. The maximum atomic E-state index is 11.8. The molecule has 132 valence electrons. The van der Waals surface area contributed by atoms with Crippen LogP contribution in [0.2, 0.25) is 0 Å². The summed E-state index contributed by atoms with van der Waals surface area (Å²) in [4.78, 5) is 25.3. The number of carbonyl (C=O) groups excluding carboxylic acids is 2. The van der Waals surface area contributed by atoms with E-state index in [9.17, 15) is 14.7 Å². The smallest absolute Gasteiger partial charge is 0.319 e. The number of likely N-dealkylation sites (tertiary alicyclic amines) is 1. The van der Waals surface area contributed by atoms with Crippen LogP contribution in [-0.2, 0) is 11.3 Å². The normalized spacial score (nSPS) is 15.7. The summed E-state index contributed by atoms with van der Waals surface area (Å²) in [6, 6.07) is 7.13. The molecule has 1 aromatic carbocycles. The lowest BCUT2D eigenvalue weighted by molar-refractivity contribution is -0.128. The average molecular weight is 333 g/mol. The predicted octanol–water partition coefficient (Wildman–Crippen LogP) is 2.34. The minimum absolute atomic E-state index is 0.205. The third-order valence-corrected chi connectivity index (χ3v) is 4.00. The SMILES string of the molecule is CC(C)C[C@@H](O)CNC(=O)Nc1ccc(CN2CCCC2=O)cc1. The van der Waals surface area contributed by atoms with Crippen LogP contribution >= 0.6 is 0 Å². The van der Waals surface area contributed by atoms with E-state index in [4.69, 9.17) is 0 Å². The average Bonchev–Trinajstić information content (AvgIpc) is 2.92. The molecular weight excluding hydrogens is 306 g/mol. The summed E-state index contributed by atoms with van der Waals surface area (Å²) >= 11 is 0. The third-order valence-electron chi connectivity index (χ3n) is 4.00. The van der Waals surface area contributed by atoms with Gasteiger partial charge in [0.15, 0.2) is 0 Å². The Morgan fingerprint density at radius 2 is 2.00 bits per heavy atom. The van der Waals surface area contributed by atoms with Crippen LogP contribution in [0.25, 0.3) is 0 Å². The summed E-state index contributed by atoms with van der Waals surface area (Å²) in [5.74, 6) is 0.594. The number of anilines is 1. The monoisotopic (exact) mass is 333 g/mol. The van der Waals surface area contributed by atoms with Gasteiger partial charge in [-0.25, -0.2) is 4.79 Å². The fraction of sp³-hybridized carbons (Fsp3) is 0.556.